The molecule has 6 aromatic rings. The van der Waals surface area contributed by atoms with E-state index in [1.165, 1.54) is 17.1 Å². The van der Waals surface area contributed by atoms with E-state index in [0.717, 1.165) is 22.9 Å². The smallest absolute Gasteiger partial charge is 0.269 e. The van der Waals surface area contributed by atoms with E-state index in [9.17, 15) is 14.4 Å². The van der Waals surface area contributed by atoms with Crippen molar-refractivity contribution in [3.8, 4) is 34.3 Å². The van der Waals surface area contributed by atoms with Gasteiger partial charge in [-0.25, -0.2) is 18.6 Å². The van der Waals surface area contributed by atoms with Gasteiger partial charge in [0.05, 0.1) is 41.6 Å². The summed E-state index contributed by atoms with van der Waals surface area (Å²) in [7, 11) is 1.83. The molecule has 0 aromatic carbocycles. The van der Waals surface area contributed by atoms with Gasteiger partial charge in [0.15, 0.2) is 11.6 Å². The molecule has 0 bridgehead atoms. The van der Waals surface area contributed by atoms with Crippen LogP contribution in [0.2, 0.25) is 0 Å². The molecule has 1 amide bonds. The summed E-state index contributed by atoms with van der Waals surface area (Å²) < 4.78 is 17.8. The molecule has 6 rings (SSSR count). The van der Waals surface area contributed by atoms with Crippen molar-refractivity contribution in [3.05, 3.63) is 90.3 Å². The standard InChI is InChI=1S/C25H18FN11O/c1-35-12-18(10-30-35)16-4-20(24-17(6-27)9-31-37(24)13-16)21-5-22(34-33-21)25(38)29-8-15-2-3-23(28-7-15)36-14-19(26)11-32-36/h2-5,7,9-14H,8H2,1H3,(H,29,38)(H,33,34). The Bertz CT molecular complexity index is 1840. The van der Waals surface area contributed by atoms with Crippen LogP contribution < -0.4 is 5.32 Å². The maximum absolute atomic E-state index is 13.2. The number of fused-ring (bicyclic) bond motifs is 1. The Labute approximate surface area is 214 Å². The summed E-state index contributed by atoms with van der Waals surface area (Å²) in [6.45, 7) is 0.218. The number of H-pyrrole nitrogens is 1. The molecular weight excluding hydrogens is 489 g/mol. The predicted molar refractivity (Wildman–Crippen MR) is 132 cm³/mol. The second-order valence-corrected chi connectivity index (χ2v) is 8.49. The molecule has 6 aromatic heterocycles. The third-order valence-electron chi connectivity index (χ3n) is 5.92. The van der Waals surface area contributed by atoms with Crippen LogP contribution in [0, 0.1) is 17.1 Å². The largest absolute Gasteiger partial charge is 0.347 e. The highest BCUT2D eigenvalue weighted by atomic mass is 19.1. The highest BCUT2D eigenvalue weighted by Gasteiger charge is 2.18. The number of aryl methyl sites for hydroxylation is 1. The van der Waals surface area contributed by atoms with E-state index in [2.05, 4.69) is 41.9 Å². The second kappa shape index (κ2) is 9.10. The summed E-state index contributed by atoms with van der Waals surface area (Å²) in [6, 6.07) is 9.13. The first kappa shape index (κ1) is 22.8. The Kier molecular flexibility index (Phi) is 5.46. The van der Waals surface area contributed by atoms with E-state index in [1.54, 1.807) is 39.8 Å². The summed E-state index contributed by atoms with van der Waals surface area (Å²) in [4.78, 5) is 17.1. The number of rotatable bonds is 6. The van der Waals surface area contributed by atoms with E-state index < -0.39 is 5.82 Å². The summed E-state index contributed by atoms with van der Waals surface area (Å²) >= 11 is 0. The van der Waals surface area contributed by atoms with Crippen molar-refractivity contribution >= 4 is 11.4 Å². The fraction of sp³-hybridized carbons (Fsp3) is 0.0800. The lowest BCUT2D eigenvalue weighted by Gasteiger charge is -2.06. The van der Waals surface area contributed by atoms with Crippen LogP contribution in [0.1, 0.15) is 21.6 Å². The van der Waals surface area contributed by atoms with Crippen molar-refractivity contribution in [3.63, 3.8) is 0 Å². The minimum absolute atomic E-state index is 0.218. The number of hydrogen-bond donors (Lipinski definition) is 2. The van der Waals surface area contributed by atoms with Gasteiger partial charge in [-0.1, -0.05) is 6.07 Å². The topological polar surface area (TPSA) is 147 Å². The third-order valence-corrected chi connectivity index (χ3v) is 5.92. The number of halogens is 1. The lowest BCUT2D eigenvalue weighted by Crippen LogP contribution is -2.23. The lowest BCUT2D eigenvalue weighted by molar-refractivity contribution is 0.0946. The number of nitriles is 1. The van der Waals surface area contributed by atoms with E-state index in [4.69, 9.17) is 0 Å². The maximum atomic E-state index is 13.2. The molecule has 186 valence electrons. The Morgan fingerprint density at radius 2 is 1.97 bits per heavy atom. The van der Waals surface area contributed by atoms with Crippen molar-refractivity contribution < 1.29 is 9.18 Å². The number of amides is 1. The zero-order valence-corrected chi connectivity index (χ0v) is 19.9. The second-order valence-electron chi connectivity index (χ2n) is 8.49. The molecule has 0 radical (unpaired) electrons. The molecule has 0 saturated carbocycles. The molecule has 13 heteroatoms. The number of nitrogens with one attached hydrogen (secondary N) is 2. The van der Waals surface area contributed by atoms with E-state index in [1.807, 2.05) is 25.5 Å². The average molecular weight is 507 g/mol. The number of aromatic nitrogens is 9. The molecule has 2 N–H and O–H groups in total. The molecule has 0 spiro atoms. The summed E-state index contributed by atoms with van der Waals surface area (Å²) in [5.41, 5.74) is 4.80. The molecule has 0 saturated heterocycles. The van der Waals surface area contributed by atoms with E-state index in [-0.39, 0.29) is 18.1 Å². The molecule has 0 aliphatic carbocycles. The number of pyridine rings is 2. The van der Waals surface area contributed by atoms with Crippen LogP contribution in [0.4, 0.5) is 4.39 Å². The van der Waals surface area contributed by atoms with Gasteiger partial charge in [-0.2, -0.15) is 25.7 Å². The van der Waals surface area contributed by atoms with E-state index in [0.29, 0.717) is 28.2 Å². The molecule has 0 atom stereocenters. The molecule has 0 unspecified atom stereocenters. The number of carbonyl (C=O) groups is 1. The first-order valence-corrected chi connectivity index (χ1v) is 11.4. The van der Waals surface area contributed by atoms with Gasteiger partial charge in [0.2, 0.25) is 0 Å². The van der Waals surface area contributed by atoms with Gasteiger partial charge in [-0.15, -0.1) is 0 Å². The number of hydrogen-bond acceptors (Lipinski definition) is 7. The molecular formula is C25H18FN11O. The number of carbonyl (C=O) groups excluding carboxylic acids is 1. The van der Waals surface area contributed by atoms with Crippen LogP contribution in [0.5, 0.6) is 0 Å². The normalized spacial score (nSPS) is 11.1. The molecule has 12 nitrogen and oxygen atoms in total. The van der Waals surface area contributed by atoms with Crippen LogP contribution in [-0.2, 0) is 13.6 Å². The minimum Gasteiger partial charge on any atom is -0.347 e. The lowest BCUT2D eigenvalue weighted by atomic mass is 10.0. The van der Waals surface area contributed by atoms with Gasteiger partial charge >= 0.3 is 0 Å². The van der Waals surface area contributed by atoms with Crippen LogP contribution in [0.3, 0.4) is 0 Å². The van der Waals surface area contributed by atoms with Crippen LogP contribution in [-0.4, -0.2) is 50.3 Å². The first-order chi connectivity index (χ1) is 18.5. The van der Waals surface area contributed by atoms with Crippen LogP contribution in [0.25, 0.3) is 33.7 Å². The van der Waals surface area contributed by atoms with Crippen LogP contribution in [0.15, 0.2) is 67.6 Å². The van der Waals surface area contributed by atoms with Crippen molar-refractivity contribution in [1.82, 2.24) is 49.7 Å². The van der Waals surface area contributed by atoms with Gasteiger partial charge in [-0.05, 0) is 23.8 Å². The molecule has 38 heavy (non-hydrogen) atoms. The average Bonchev–Trinajstić information content (AvgIpc) is 3.74. The SMILES string of the molecule is Cn1cc(-c2cc(-c3cc(C(=O)NCc4ccc(-n5cc(F)cn5)nc4)[nH]n3)c3c(C#N)cnn3c2)cn1. The monoisotopic (exact) mass is 507 g/mol. The third kappa shape index (κ3) is 4.16. The van der Waals surface area contributed by atoms with Gasteiger partial charge in [0, 0.05) is 48.9 Å². The maximum Gasteiger partial charge on any atom is 0.269 e. The predicted octanol–water partition coefficient (Wildman–Crippen LogP) is 2.65. The Hall–Kier alpha value is -5.64. The number of nitrogens with zero attached hydrogens (tertiary/aromatic N) is 9. The molecule has 0 aliphatic rings. The summed E-state index contributed by atoms with van der Waals surface area (Å²) in [6.07, 6.45) is 10.8. The zero-order chi connectivity index (χ0) is 26.2. The quantitative estimate of drug-likeness (QED) is 0.352. The molecule has 0 aliphatic heterocycles. The summed E-state index contributed by atoms with van der Waals surface area (Å²) in [5.74, 6) is -0.363. The summed E-state index contributed by atoms with van der Waals surface area (Å²) in [5, 5.41) is 32.0. The Morgan fingerprint density at radius 3 is 2.68 bits per heavy atom. The van der Waals surface area contributed by atoms with Gasteiger partial charge < -0.3 is 5.32 Å². The van der Waals surface area contributed by atoms with Crippen molar-refractivity contribution in [1.29, 1.82) is 5.26 Å². The van der Waals surface area contributed by atoms with Crippen molar-refractivity contribution in [2.45, 2.75) is 6.54 Å². The van der Waals surface area contributed by atoms with Crippen molar-refractivity contribution in [2.24, 2.45) is 7.05 Å². The number of aromatic amines is 1. The molecule has 0 fully saturated rings. The Morgan fingerprint density at radius 1 is 1.08 bits per heavy atom. The van der Waals surface area contributed by atoms with Gasteiger partial charge in [0.25, 0.3) is 5.91 Å². The first-order valence-electron chi connectivity index (χ1n) is 11.4. The highest BCUT2D eigenvalue weighted by Crippen LogP contribution is 2.31. The Balaban J connectivity index is 1.24. The van der Waals surface area contributed by atoms with Gasteiger partial charge in [0.1, 0.15) is 11.8 Å². The van der Waals surface area contributed by atoms with Gasteiger partial charge in [-0.3, -0.25) is 14.6 Å². The highest BCUT2D eigenvalue weighted by molar-refractivity contribution is 5.94. The van der Waals surface area contributed by atoms with E-state index >= 15 is 0 Å². The fourth-order valence-electron chi connectivity index (χ4n) is 4.06. The van der Waals surface area contributed by atoms with Crippen LogP contribution >= 0.6 is 0 Å². The minimum atomic E-state index is -0.455. The van der Waals surface area contributed by atoms with Crippen molar-refractivity contribution in [2.75, 3.05) is 0 Å². The zero-order valence-electron chi connectivity index (χ0n) is 19.9. The molecule has 6 heterocycles. The fourth-order valence-corrected chi connectivity index (χ4v) is 4.06.